The number of nitrogens with zero attached hydrogens (tertiary/aromatic N) is 1. The summed E-state index contributed by atoms with van der Waals surface area (Å²) in [6.07, 6.45) is 2.27. The van der Waals surface area contributed by atoms with Gasteiger partial charge in [-0.2, -0.15) is 0 Å². The zero-order valence-electron chi connectivity index (χ0n) is 13.4. The molecule has 2 heterocycles. The number of nitrogens with one attached hydrogen (secondary N) is 1. The molecule has 0 radical (unpaired) electrons. The Balaban J connectivity index is 1.65. The maximum atomic E-state index is 12.6. The van der Waals surface area contributed by atoms with Crippen LogP contribution in [0.2, 0.25) is 0 Å². The molecule has 0 spiro atoms. The first-order valence-corrected chi connectivity index (χ1v) is 8.86. The zero-order chi connectivity index (χ0) is 16.8. The molecule has 24 heavy (non-hydrogen) atoms. The minimum atomic E-state index is -0.138. The molecular formula is C19H17BrN2O2. The summed E-state index contributed by atoms with van der Waals surface area (Å²) in [5.41, 5.74) is 5.63. The van der Waals surface area contributed by atoms with E-state index in [9.17, 15) is 9.59 Å². The fraction of sp³-hybridized carbons (Fsp3) is 0.263. The summed E-state index contributed by atoms with van der Waals surface area (Å²) in [6, 6.07) is 9.54. The van der Waals surface area contributed by atoms with Crippen LogP contribution in [0.5, 0.6) is 0 Å². The van der Waals surface area contributed by atoms with Crippen LogP contribution in [0, 0.1) is 6.92 Å². The zero-order valence-corrected chi connectivity index (χ0v) is 14.9. The number of benzene rings is 2. The molecule has 0 aromatic heterocycles. The second kappa shape index (κ2) is 5.74. The van der Waals surface area contributed by atoms with Crippen LogP contribution in [0.3, 0.4) is 0 Å². The van der Waals surface area contributed by atoms with Gasteiger partial charge in [0.05, 0.1) is 12.1 Å². The second-order valence-electron chi connectivity index (χ2n) is 6.39. The number of halogens is 1. The third kappa shape index (κ3) is 2.53. The fourth-order valence-electron chi connectivity index (χ4n) is 3.48. The van der Waals surface area contributed by atoms with Crippen molar-refractivity contribution in [2.75, 3.05) is 16.8 Å². The first-order chi connectivity index (χ1) is 11.5. The Morgan fingerprint density at radius 1 is 1.21 bits per heavy atom. The summed E-state index contributed by atoms with van der Waals surface area (Å²) >= 11 is 3.48. The predicted molar refractivity (Wildman–Crippen MR) is 97.7 cm³/mol. The average Bonchev–Trinajstić information content (AvgIpc) is 2.89. The number of hydrogen-bond acceptors (Lipinski definition) is 2. The predicted octanol–water partition coefficient (Wildman–Crippen LogP) is 3.85. The van der Waals surface area contributed by atoms with Gasteiger partial charge in [-0.1, -0.05) is 22.0 Å². The molecule has 0 aliphatic carbocycles. The van der Waals surface area contributed by atoms with Crippen molar-refractivity contribution in [1.82, 2.24) is 0 Å². The van der Waals surface area contributed by atoms with Crippen LogP contribution >= 0.6 is 15.9 Å². The molecule has 0 unspecified atom stereocenters. The van der Waals surface area contributed by atoms with Crippen LogP contribution in [0.25, 0.3) is 0 Å². The normalized spacial score (nSPS) is 15.4. The molecule has 2 aromatic rings. The van der Waals surface area contributed by atoms with Gasteiger partial charge >= 0.3 is 0 Å². The highest BCUT2D eigenvalue weighted by molar-refractivity contribution is 9.10. The molecule has 122 valence electrons. The summed E-state index contributed by atoms with van der Waals surface area (Å²) in [7, 11) is 0. The number of aryl methyl sites for hydroxylation is 2. The monoisotopic (exact) mass is 384 g/mol. The molecule has 0 bridgehead atoms. The van der Waals surface area contributed by atoms with Gasteiger partial charge in [0.2, 0.25) is 5.91 Å². The Labute approximate surface area is 149 Å². The summed E-state index contributed by atoms with van der Waals surface area (Å²) in [6.45, 7) is 2.80. The van der Waals surface area contributed by atoms with Crippen molar-refractivity contribution in [3.05, 3.63) is 57.1 Å². The van der Waals surface area contributed by atoms with Crippen LogP contribution in [-0.4, -0.2) is 18.4 Å². The van der Waals surface area contributed by atoms with Crippen LogP contribution in [0.15, 0.2) is 34.8 Å². The van der Waals surface area contributed by atoms with Crippen LogP contribution in [-0.2, 0) is 17.6 Å². The van der Waals surface area contributed by atoms with E-state index in [1.807, 2.05) is 42.2 Å². The number of carbonyl (C=O) groups is 2. The molecule has 5 heteroatoms. The molecule has 2 aliphatic rings. The topological polar surface area (TPSA) is 49.4 Å². The quantitative estimate of drug-likeness (QED) is 0.854. The van der Waals surface area contributed by atoms with E-state index in [1.54, 1.807) is 0 Å². The first-order valence-electron chi connectivity index (χ1n) is 8.06. The molecule has 2 amide bonds. The van der Waals surface area contributed by atoms with Crippen LogP contribution in [0.1, 0.15) is 33.5 Å². The van der Waals surface area contributed by atoms with Gasteiger partial charge in [-0.25, -0.2) is 0 Å². The Bertz CT molecular complexity index is 876. The standard InChI is InChI=1S/C19H17BrN2O2/c1-11-4-5-15(10-16(11)20)21-19(24)14-7-12-3-2-6-22-17(23)9-13(8-14)18(12)22/h4-5,7-8,10H,2-3,6,9H2,1H3,(H,21,24). The number of amides is 2. The molecule has 0 saturated heterocycles. The SMILES string of the molecule is Cc1ccc(NC(=O)c2cc3c4c(c2)CC(=O)N4CCC3)cc1Br. The Kier molecular flexibility index (Phi) is 3.68. The number of anilines is 2. The molecular weight excluding hydrogens is 368 g/mol. The summed E-state index contributed by atoms with van der Waals surface area (Å²) in [4.78, 5) is 26.6. The number of rotatable bonds is 2. The van der Waals surface area contributed by atoms with Gasteiger partial charge in [0.15, 0.2) is 0 Å². The van der Waals surface area contributed by atoms with Crippen molar-refractivity contribution in [3.8, 4) is 0 Å². The highest BCUT2D eigenvalue weighted by Gasteiger charge is 2.32. The van der Waals surface area contributed by atoms with Gasteiger partial charge in [-0.05, 0) is 60.7 Å². The molecule has 2 aromatic carbocycles. The van der Waals surface area contributed by atoms with E-state index < -0.39 is 0 Å². The van der Waals surface area contributed by atoms with E-state index in [4.69, 9.17) is 0 Å². The summed E-state index contributed by atoms with van der Waals surface area (Å²) < 4.78 is 0.964. The van der Waals surface area contributed by atoms with Crippen molar-refractivity contribution >= 4 is 39.1 Å². The highest BCUT2D eigenvalue weighted by atomic mass is 79.9. The molecule has 4 rings (SSSR count). The molecule has 0 fully saturated rings. The van der Waals surface area contributed by atoms with Crippen molar-refractivity contribution < 1.29 is 9.59 Å². The summed E-state index contributed by atoms with van der Waals surface area (Å²) in [5.74, 6) is 0.00671. The minimum absolute atomic E-state index is 0.138. The van der Waals surface area contributed by atoms with Gasteiger partial charge in [0.1, 0.15) is 0 Å². The van der Waals surface area contributed by atoms with Gasteiger partial charge in [-0.3, -0.25) is 9.59 Å². The maximum absolute atomic E-state index is 12.6. The first kappa shape index (κ1) is 15.4. The largest absolute Gasteiger partial charge is 0.322 e. The molecule has 0 atom stereocenters. The van der Waals surface area contributed by atoms with E-state index in [0.717, 1.165) is 51.9 Å². The van der Waals surface area contributed by atoms with E-state index in [2.05, 4.69) is 21.2 Å². The van der Waals surface area contributed by atoms with E-state index in [1.165, 1.54) is 0 Å². The Hall–Kier alpha value is -2.14. The second-order valence-corrected chi connectivity index (χ2v) is 7.24. The Morgan fingerprint density at radius 3 is 2.79 bits per heavy atom. The summed E-state index contributed by atoms with van der Waals surface area (Å²) in [5, 5.41) is 2.94. The smallest absolute Gasteiger partial charge is 0.255 e. The molecule has 0 saturated carbocycles. The lowest BCUT2D eigenvalue weighted by Crippen LogP contribution is -2.31. The maximum Gasteiger partial charge on any atom is 0.255 e. The fourth-order valence-corrected chi connectivity index (χ4v) is 3.86. The lowest BCUT2D eigenvalue weighted by Gasteiger charge is -2.25. The van der Waals surface area contributed by atoms with Gasteiger partial charge in [0.25, 0.3) is 5.91 Å². The van der Waals surface area contributed by atoms with Crippen molar-refractivity contribution in [3.63, 3.8) is 0 Å². The van der Waals surface area contributed by atoms with E-state index in [0.29, 0.717) is 12.0 Å². The third-order valence-electron chi connectivity index (χ3n) is 4.70. The third-order valence-corrected chi connectivity index (χ3v) is 5.55. The van der Waals surface area contributed by atoms with Gasteiger partial charge in [-0.15, -0.1) is 0 Å². The minimum Gasteiger partial charge on any atom is -0.322 e. The average molecular weight is 385 g/mol. The van der Waals surface area contributed by atoms with Crippen molar-refractivity contribution in [2.45, 2.75) is 26.2 Å². The molecule has 2 aliphatic heterocycles. The Morgan fingerprint density at radius 2 is 2.00 bits per heavy atom. The molecule has 1 N–H and O–H groups in total. The lowest BCUT2D eigenvalue weighted by molar-refractivity contribution is -0.117. The lowest BCUT2D eigenvalue weighted by atomic mass is 9.96. The van der Waals surface area contributed by atoms with E-state index >= 15 is 0 Å². The number of hydrogen-bond donors (Lipinski definition) is 1. The van der Waals surface area contributed by atoms with Crippen LogP contribution < -0.4 is 10.2 Å². The number of carbonyl (C=O) groups excluding carboxylic acids is 2. The van der Waals surface area contributed by atoms with E-state index in [-0.39, 0.29) is 11.8 Å². The molecule has 4 nitrogen and oxygen atoms in total. The van der Waals surface area contributed by atoms with Crippen LogP contribution in [0.4, 0.5) is 11.4 Å². The highest BCUT2D eigenvalue weighted by Crippen LogP contribution is 2.37. The van der Waals surface area contributed by atoms with Crippen molar-refractivity contribution in [2.24, 2.45) is 0 Å². The van der Waals surface area contributed by atoms with Gasteiger partial charge in [0, 0.05) is 22.3 Å². The van der Waals surface area contributed by atoms with Crippen molar-refractivity contribution in [1.29, 1.82) is 0 Å². The van der Waals surface area contributed by atoms with Gasteiger partial charge < -0.3 is 10.2 Å².